The molecule has 1 amide bonds. The molecule has 0 bridgehead atoms. The zero-order valence-electron chi connectivity index (χ0n) is 15.1. The van der Waals surface area contributed by atoms with Crippen molar-refractivity contribution in [3.63, 3.8) is 0 Å². The highest BCUT2D eigenvalue weighted by Gasteiger charge is 2.21. The van der Waals surface area contributed by atoms with Gasteiger partial charge in [-0.25, -0.2) is 0 Å². The summed E-state index contributed by atoms with van der Waals surface area (Å²) >= 11 is 0. The molecule has 1 aliphatic rings. The Hall–Kier alpha value is -2.82. The van der Waals surface area contributed by atoms with E-state index in [2.05, 4.69) is 4.90 Å². The van der Waals surface area contributed by atoms with E-state index in [9.17, 15) is 9.59 Å². The van der Waals surface area contributed by atoms with E-state index in [1.165, 1.54) is 0 Å². The summed E-state index contributed by atoms with van der Waals surface area (Å²) in [5.74, 6) is 0.997. The number of rotatable bonds is 6. The molecule has 0 saturated carbocycles. The van der Waals surface area contributed by atoms with Gasteiger partial charge in [0.25, 0.3) is 0 Å². The second kappa shape index (κ2) is 8.52. The summed E-state index contributed by atoms with van der Waals surface area (Å²) in [7, 11) is 0. The number of para-hydroxylation sites is 1. The molecule has 3 rings (SSSR count). The fourth-order valence-electron chi connectivity index (χ4n) is 3.05. The van der Waals surface area contributed by atoms with Crippen LogP contribution in [-0.2, 0) is 4.79 Å². The number of ether oxygens (including phenoxy) is 1. The van der Waals surface area contributed by atoms with Crippen molar-refractivity contribution < 1.29 is 14.3 Å². The molecule has 26 heavy (non-hydrogen) atoms. The van der Waals surface area contributed by atoms with E-state index >= 15 is 0 Å². The minimum Gasteiger partial charge on any atom is -0.493 e. The van der Waals surface area contributed by atoms with E-state index in [-0.39, 0.29) is 11.7 Å². The third-order valence-electron chi connectivity index (χ3n) is 4.60. The Labute approximate surface area is 154 Å². The molecule has 0 atom stereocenters. The third-order valence-corrected chi connectivity index (χ3v) is 4.60. The Morgan fingerprint density at radius 3 is 2.19 bits per heavy atom. The van der Waals surface area contributed by atoms with Crippen molar-refractivity contribution in [3.8, 4) is 5.75 Å². The molecule has 1 fully saturated rings. The van der Waals surface area contributed by atoms with Crippen LogP contribution in [0.4, 0.5) is 5.69 Å². The number of anilines is 1. The van der Waals surface area contributed by atoms with Gasteiger partial charge in [0.1, 0.15) is 5.75 Å². The summed E-state index contributed by atoms with van der Waals surface area (Å²) < 4.78 is 5.60. The highest BCUT2D eigenvalue weighted by atomic mass is 16.5. The van der Waals surface area contributed by atoms with Gasteiger partial charge in [-0.3, -0.25) is 9.59 Å². The standard InChI is InChI=1S/C21H24N2O3/c1-17(24)18-7-9-19(10-8-18)22-12-14-23(15-13-22)21(25)11-16-26-20-5-3-2-4-6-20/h2-10H,11-16H2,1H3. The second-order valence-electron chi connectivity index (χ2n) is 6.38. The smallest absolute Gasteiger partial charge is 0.226 e. The summed E-state index contributed by atoms with van der Waals surface area (Å²) in [4.78, 5) is 27.8. The van der Waals surface area contributed by atoms with Gasteiger partial charge >= 0.3 is 0 Å². The number of hydrogen-bond acceptors (Lipinski definition) is 4. The van der Waals surface area contributed by atoms with E-state index in [1.54, 1.807) is 6.92 Å². The third kappa shape index (κ3) is 4.63. The maximum absolute atomic E-state index is 12.3. The lowest BCUT2D eigenvalue weighted by Gasteiger charge is -2.36. The van der Waals surface area contributed by atoms with Gasteiger partial charge in [-0.05, 0) is 43.3 Å². The highest BCUT2D eigenvalue weighted by molar-refractivity contribution is 5.94. The first-order valence-electron chi connectivity index (χ1n) is 8.95. The predicted molar refractivity (Wildman–Crippen MR) is 102 cm³/mol. The number of hydrogen-bond donors (Lipinski definition) is 0. The molecule has 0 unspecified atom stereocenters. The first-order valence-corrected chi connectivity index (χ1v) is 8.95. The zero-order chi connectivity index (χ0) is 18.4. The summed E-state index contributed by atoms with van der Waals surface area (Å²) in [6.07, 6.45) is 0.391. The predicted octanol–water partition coefficient (Wildman–Crippen LogP) is 3.01. The SMILES string of the molecule is CC(=O)c1ccc(N2CCN(C(=O)CCOc3ccccc3)CC2)cc1. The molecule has 0 aromatic heterocycles. The maximum atomic E-state index is 12.3. The molecule has 0 aliphatic carbocycles. The fraction of sp³-hybridized carbons (Fsp3) is 0.333. The summed E-state index contributed by atoms with van der Waals surface area (Å²) in [5, 5.41) is 0. The minimum absolute atomic E-state index is 0.0738. The summed E-state index contributed by atoms with van der Waals surface area (Å²) in [6.45, 7) is 4.98. The van der Waals surface area contributed by atoms with E-state index in [1.807, 2.05) is 59.5 Å². The number of ketones is 1. The van der Waals surface area contributed by atoms with E-state index in [4.69, 9.17) is 4.74 Å². The van der Waals surface area contributed by atoms with Crippen molar-refractivity contribution in [1.82, 2.24) is 4.90 Å². The quantitative estimate of drug-likeness (QED) is 0.750. The van der Waals surface area contributed by atoms with Gasteiger partial charge in [0.05, 0.1) is 13.0 Å². The van der Waals surface area contributed by atoms with Crippen LogP contribution in [0.25, 0.3) is 0 Å². The van der Waals surface area contributed by atoms with Gasteiger partial charge < -0.3 is 14.5 Å². The maximum Gasteiger partial charge on any atom is 0.226 e. The molecule has 136 valence electrons. The summed E-state index contributed by atoms with van der Waals surface area (Å²) in [6, 6.07) is 17.2. The average molecular weight is 352 g/mol. The Bertz CT molecular complexity index is 736. The van der Waals surface area contributed by atoms with Crippen LogP contribution in [0.1, 0.15) is 23.7 Å². The topological polar surface area (TPSA) is 49.9 Å². The monoisotopic (exact) mass is 352 g/mol. The lowest BCUT2D eigenvalue weighted by molar-refractivity contribution is -0.132. The van der Waals surface area contributed by atoms with Crippen LogP contribution in [0, 0.1) is 0 Å². The van der Waals surface area contributed by atoms with Crippen LogP contribution in [0.5, 0.6) is 5.75 Å². The number of amides is 1. The van der Waals surface area contributed by atoms with Gasteiger partial charge in [0.2, 0.25) is 5.91 Å². The number of Topliss-reactive ketones (excluding diaryl/α,β-unsaturated/α-hetero) is 1. The Balaban J connectivity index is 1.44. The lowest BCUT2D eigenvalue weighted by Crippen LogP contribution is -2.49. The molecule has 5 heteroatoms. The van der Waals surface area contributed by atoms with Crippen molar-refractivity contribution in [1.29, 1.82) is 0 Å². The first-order chi connectivity index (χ1) is 12.6. The second-order valence-corrected chi connectivity index (χ2v) is 6.38. The molecular formula is C21H24N2O3. The molecule has 5 nitrogen and oxygen atoms in total. The number of piperazine rings is 1. The van der Waals surface area contributed by atoms with Gasteiger partial charge in [0, 0.05) is 37.4 Å². The van der Waals surface area contributed by atoms with Crippen LogP contribution in [0.2, 0.25) is 0 Å². The van der Waals surface area contributed by atoms with Gasteiger partial charge in [-0.15, -0.1) is 0 Å². The number of carbonyl (C=O) groups excluding carboxylic acids is 2. The molecule has 2 aromatic rings. The molecule has 2 aromatic carbocycles. The largest absolute Gasteiger partial charge is 0.493 e. The molecule has 0 radical (unpaired) electrons. The first kappa shape index (κ1) is 18.0. The number of benzene rings is 2. The van der Waals surface area contributed by atoms with Gasteiger partial charge in [-0.2, -0.15) is 0 Å². The molecular weight excluding hydrogens is 328 g/mol. The van der Waals surface area contributed by atoms with Crippen molar-refractivity contribution in [3.05, 3.63) is 60.2 Å². The normalized spacial score (nSPS) is 14.2. The molecule has 0 spiro atoms. The average Bonchev–Trinajstić information content (AvgIpc) is 2.69. The van der Waals surface area contributed by atoms with Gasteiger partial charge in [0.15, 0.2) is 5.78 Å². The van der Waals surface area contributed by atoms with E-state index in [0.29, 0.717) is 26.1 Å². The number of nitrogens with zero attached hydrogens (tertiary/aromatic N) is 2. The van der Waals surface area contributed by atoms with Crippen LogP contribution in [0.15, 0.2) is 54.6 Å². The van der Waals surface area contributed by atoms with Crippen molar-refractivity contribution >= 4 is 17.4 Å². The summed E-state index contributed by atoms with van der Waals surface area (Å²) in [5.41, 5.74) is 1.82. The van der Waals surface area contributed by atoms with Crippen LogP contribution >= 0.6 is 0 Å². The lowest BCUT2D eigenvalue weighted by atomic mass is 10.1. The van der Waals surface area contributed by atoms with Crippen LogP contribution < -0.4 is 9.64 Å². The van der Waals surface area contributed by atoms with E-state index in [0.717, 1.165) is 30.1 Å². The minimum atomic E-state index is 0.0738. The van der Waals surface area contributed by atoms with Crippen LogP contribution in [-0.4, -0.2) is 49.4 Å². The Morgan fingerprint density at radius 2 is 1.58 bits per heavy atom. The molecule has 1 saturated heterocycles. The fourth-order valence-corrected chi connectivity index (χ4v) is 3.05. The highest BCUT2D eigenvalue weighted by Crippen LogP contribution is 2.18. The van der Waals surface area contributed by atoms with Gasteiger partial charge in [-0.1, -0.05) is 18.2 Å². The van der Waals surface area contributed by atoms with Crippen molar-refractivity contribution in [2.75, 3.05) is 37.7 Å². The Morgan fingerprint density at radius 1 is 0.923 bits per heavy atom. The molecule has 1 aliphatic heterocycles. The number of carbonyl (C=O) groups is 2. The Kier molecular flexibility index (Phi) is 5.89. The van der Waals surface area contributed by atoms with Crippen molar-refractivity contribution in [2.45, 2.75) is 13.3 Å². The molecule has 0 N–H and O–H groups in total. The van der Waals surface area contributed by atoms with Crippen LogP contribution in [0.3, 0.4) is 0 Å². The molecule has 1 heterocycles. The van der Waals surface area contributed by atoms with Crippen molar-refractivity contribution in [2.24, 2.45) is 0 Å². The van der Waals surface area contributed by atoms with E-state index < -0.39 is 0 Å². The zero-order valence-corrected chi connectivity index (χ0v) is 15.1.